The van der Waals surface area contributed by atoms with E-state index in [9.17, 15) is 0 Å². The third-order valence-corrected chi connectivity index (χ3v) is 4.68. The van der Waals surface area contributed by atoms with Crippen LogP contribution in [0.1, 0.15) is 17.5 Å². The Morgan fingerprint density at radius 2 is 1.76 bits per heavy atom. The highest BCUT2D eigenvalue weighted by Gasteiger charge is 2.20. The Bertz CT molecular complexity index is 763. The summed E-state index contributed by atoms with van der Waals surface area (Å²) >= 11 is 0. The number of aliphatic imine (C=N–C) groups is 1. The van der Waals surface area contributed by atoms with Gasteiger partial charge in [0, 0.05) is 24.7 Å². The molecule has 0 unspecified atom stereocenters. The lowest BCUT2D eigenvalue weighted by Gasteiger charge is -2.11. The van der Waals surface area contributed by atoms with Crippen LogP contribution in [0, 0.1) is 5.92 Å². The second-order valence-electron chi connectivity index (χ2n) is 6.61. The van der Waals surface area contributed by atoms with E-state index in [1.165, 1.54) is 11.1 Å². The van der Waals surface area contributed by atoms with Crippen molar-refractivity contribution >= 4 is 11.6 Å². The average Bonchev–Trinajstić information content (AvgIpc) is 2.90. The molecule has 0 radical (unpaired) electrons. The first-order chi connectivity index (χ1) is 12.3. The van der Waals surface area contributed by atoms with Gasteiger partial charge >= 0.3 is 0 Å². The lowest BCUT2D eigenvalue weighted by molar-refractivity contribution is 0.297. The van der Waals surface area contributed by atoms with Crippen LogP contribution in [0.3, 0.4) is 0 Å². The van der Waals surface area contributed by atoms with E-state index in [4.69, 9.17) is 15.2 Å². The normalized spacial score (nSPS) is 17.0. The lowest BCUT2D eigenvalue weighted by Crippen LogP contribution is -2.24. The standard InChI is InChI=1S/C20H23N3O2/c21-20(22-13-14-10-15-4-1-2-5-16(15)11-14)23-17-6-7-18-19(12-17)25-9-3-8-24-18/h1-2,4-7,12,14H,3,8-11,13H2,(H3,21,22,23). The Hall–Kier alpha value is -2.69. The Morgan fingerprint density at radius 1 is 1.04 bits per heavy atom. The fourth-order valence-electron chi connectivity index (χ4n) is 3.43. The zero-order valence-corrected chi connectivity index (χ0v) is 14.2. The highest BCUT2D eigenvalue weighted by molar-refractivity contribution is 5.92. The van der Waals surface area contributed by atoms with E-state index in [1.54, 1.807) is 0 Å². The molecular weight excluding hydrogens is 314 g/mol. The molecule has 0 spiro atoms. The summed E-state index contributed by atoms with van der Waals surface area (Å²) in [5.74, 6) is 2.50. The lowest BCUT2D eigenvalue weighted by atomic mass is 10.1. The van der Waals surface area contributed by atoms with Gasteiger partial charge in [-0.15, -0.1) is 0 Å². The number of benzene rings is 2. The molecule has 2 aromatic rings. The molecule has 25 heavy (non-hydrogen) atoms. The number of fused-ring (bicyclic) bond motifs is 2. The number of guanidine groups is 1. The van der Waals surface area contributed by atoms with Crippen molar-refractivity contribution in [2.75, 3.05) is 25.1 Å². The molecule has 1 aliphatic carbocycles. The number of ether oxygens (including phenoxy) is 2. The molecule has 0 atom stereocenters. The van der Waals surface area contributed by atoms with Crippen LogP contribution in [-0.2, 0) is 12.8 Å². The van der Waals surface area contributed by atoms with Gasteiger partial charge in [0.25, 0.3) is 0 Å². The van der Waals surface area contributed by atoms with E-state index >= 15 is 0 Å². The highest BCUT2D eigenvalue weighted by atomic mass is 16.5. The fourth-order valence-corrected chi connectivity index (χ4v) is 3.43. The van der Waals surface area contributed by atoms with Gasteiger partial charge in [0.1, 0.15) is 0 Å². The Balaban J connectivity index is 1.37. The third kappa shape index (κ3) is 3.71. The number of rotatable bonds is 3. The van der Waals surface area contributed by atoms with Crippen LogP contribution in [0.25, 0.3) is 0 Å². The molecule has 5 nitrogen and oxygen atoms in total. The Morgan fingerprint density at radius 3 is 2.52 bits per heavy atom. The van der Waals surface area contributed by atoms with Crippen molar-refractivity contribution in [1.29, 1.82) is 0 Å². The first kappa shape index (κ1) is 15.8. The molecule has 2 aliphatic rings. The summed E-state index contributed by atoms with van der Waals surface area (Å²) in [6, 6.07) is 14.4. The summed E-state index contributed by atoms with van der Waals surface area (Å²) in [7, 11) is 0. The smallest absolute Gasteiger partial charge is 0.193 e. The van der Waals surface area contributed by atoms with Crippen molar-refractivity contribution in [2.24, 2.45) is 16.6 Å². The van der Waals surface area contributed by atoms with E-state index in [2.05, 4.69) is 34.6 Å². The second kappa shape index (κ2) is 7.05. The molecule has 130 valence electrons. The van der Waals surface area contributed by atoms with Crippen LogP contribution in [0.2, 0.25) is 0 Å². The molecule has 2 aromatic carbocycles. The first-order valence-electron chi connectivity index (χ1n) is 8.81. The zero-order chi connectivity index (χ0) is 17.1. The van der Waals surface area contributed by atoms with Gasteiger partial charge in [-0.25, -0.2) is 0 Å². The van der Waals surface area contributed by atoms with Gasteiger partial charge in [-0.05, 0) is 42.0 Å². The van der Waals surface area contributed by atoms with Crippen molar-refractivity contribution in [1.82, 2.24) is 0 Å². The monoisotopic (exact) mass is 337 g/mol. The number of anilines is 1. The number of hydrogen-bond acceptors (Lipinski definition) is 3. The van der Waals surface area contributed by atoms with Crippen LogP contribution in [0.4, 0.5) is 5.69 Å². The van der Waals surface area contributed by atoms with E-state index < -0.39 is 0 Å². The summed E-state index contributed by atoms with van der Waals surface area (Å²) in [5, 5.41) is 3.15. The van der Waals surface area contributed by atoms with E-state index in [1.807, 2.05) is 18.2 Å². The Kier molecular flexibility index (Phi) is 4.46. The molecule has 1 aliphatic heterocycles. The summed E-state index contributed by atoms with van der Waals surface area (Å²) in [6.07, 6.45) is 3.05. The van der Waals surface area contributed by atoms with Crippen molar-refractivity contribution in [3.63, 3.8) is 0 Å². The van der Waals surface area contributed by atoms with Gasteiger partial charge in [-0.3, -0.25) is 4.99 Å². The summed E-state index contributed by atoms with van der Waals surface area (Å²) in [4.78, 5) is 4.53. The second-order valence-corrected chi connectivity index (χ2v) is 6.61. The quantitative estimate of drug-likeness (QED) is 0.667. The van der Waals surface area contributed by atoms with Gasteiger partial charge < -0.3 is 20.5 Å². The topological polar surface area (TPSA) is 68.9 Å². The van der Waals surface area contributed by atoms with Crippen LogP contribution in [0.15, 0.2) is 47.5 Å². The molecule has 0 saturated carbocycles. The average molecular weight is 337 g/mol. The van der Waals surface area contributed by atoms with Crippen molar-refractivity contribution in [3.05, 3.63) is 53.6 Å². The molecule has 5 heteroatoms. The van der Waals surface area contributed by atoms with Crippen molar-refractivity contribution in [3.8, 4) is 11.5 Å². The molecule has 3 N–H and O–H groups in total. The number of nitrogens with two attached hydrogens (primary N) is 1. The van der Waals surface area contributed by atoms with Gasteiger partial charge in [0.05, 0.1) is 13.2 Å². The molecule has 4 rings (SSSR count). The van der Waals surface area contributed by atoms with E-state index in [-0.39, 0.29) is 0 Å². The van der Waals surface area contributed by atoms with Crippen LogP contribution < -0.4 is 20.5 Å². The van der Waals surface area contributed by atoms with Gasteiger partial charge in [0.2, 0.25) is 0 Å². The van der Waals surface area contributed by atoms with Crippen molar-refractivity contribution in [2.45, 2.75) is 19.3 Å². The maximum atomic E-state index is 6.06. The van der Waals surface area contributed by atoms with Crippen LogP contribution in [-0.4, -0.2) is 25.7 Å². The number of nitrogens with zero attached hydrogens (tertiary/aromatic N) is 1. The maximum absolute atomic E-state index is 6.06. The summed E-state index contributed by atoms with van der Waals surface area (Å²) < 4.78 is 11.3. The SMILES string of the molecule is NC(=NCC1Cc2ccccc2C1)Nc1ccc2c(c1)OCCCO2. The molecule has 0 aromatic heterocycles. The van der Waals surface area contributed by atoms with Crippen LogP contribution >= 0.6 is 0 Å². The number of hydrogen-bond donors (Lipinski definition) is 2. The van der Waals surface area contributed by atoms with E-state index in [0.717, 1.165) is 43.0 Å². The first-order valence-corrected chi connectivity index (χ1v) is 8.81. The predicted molar refractivity (Wildman–Crippen MR) is 99.5 cm³/mol. The molecule has 0 fully saturated rings. The Labute approximate surface area is 147 Å². The minimum absolute atomic E-state index is 0.436. The zero-order valence-electron chi connectivity index (χ0n) is 14.2. The maximum Gasteiger partial charge on any atom is 0.193 e. The number of nitrogens with one attached hydrogen (secondary N) is 1. The third-order valence-electron chi connectivity index (χ3n) is 4.68. The molecule has 0 bridgehead atoms. The minimum Gasteiger partial charge on any atom is -0.490 e. The van der Waals surface area contributed by atoms with E-state index in [0.29, 0.717) is 25.1 Å². The fraction of sp³-hybridized carbons (Fsp3) is 0.350. The van der Waals surface area contributed by atoms with Crippen LogP contribution in [0.5, 0.6) is 11.5 Å². The minimum atomic E-state index is 0.436. The molecule has 0 saturated heterocycles. The van der Waals surface area contributed by atoms with Gasteiger partial charge in [0.15, 0.2) is 17.5 Å². The molecule has 1 heterocycles. The van der Waals surface area contributed by atoms with Gasteiger partial charge in [-0.1, -0.05) is 24.3 Å². The molecular formula is C20H23N3O2. The molecule has 0 amide bonds. The van der Waals surface area contributed by atoms with Gasteiger partial charge in [-0.2, -0.15) is 0 Å². The predicted octanol–water partition coefficient (Wildman–Crippen LogP) is 2.99. The largest absolute Gasteiger partial charge is 0.490 e. The van der Waals surface area contributed by atoms with Crippen molar-refractivity contribution < 1.29 is 9.47 Å². The summed E-state index contributed by atoms with van der Waals surface area (Å²) in [5.41, 5.74) is 9.81. The highest BCUT2D eigenvalue weighted by Crippen LogP contribution is 2.32. The summed E-state index contributed by atoms with van der Waals surface area (Å²) in [6.45, 7) is 2.09.